The van der Waals surface area contributed by atoms with Crippen molar-refractivity contribution in [3.8, 4) is 0 Å². The molecule has 0 aliphatic heterocycles. The first-order valence-electron chi connectivity index (χ1n) is 11.5. The number of halogens is 1. The normalized spacial score (nSPS) is 11.5. The van der Waals surface area contributed by atoms with Crippen molar-refractivity contribution in [3.63, 3.8) is 0 Å². The van der Waals surface area contributed by atoms with Crippen LogP contribution < -0.4 is 21.4 Å². The predicted molar refractivity (Wildman–Crippen MR) is 133 cm³/mol. The Morgan fingerprint density at radius 2 is 1.68 bits per heavy atom. The van der Waals surface area contributed by atoms with Crippen molar-refractivity contribution in [3.05, 3.63) is 59.5 Å². The highest BCUT2D eigenvalue weighted by molar-refractivity contribution is 5.94. The van der Waals surface area contributed by atoms with Gasteiger partial charge in [0.15, 0.2) is 0 Å². The summed E-state index contributed by atoms with van der Waals surface area (Å²) < 4.78 is 12.9. The smallest absolute Gasteiger partial charge is 0.326 e. The van der Waals surface area contributed by atoms with Gasteiger partial charge in [-0.05, 0) is 55.5 Å². The Bertz CT molecular complexity index is 1080. The van der Waals surface area contributed by atoms with Gasteiger partial charge in [-0.3, -0.25) is 15.0 Å². The zero-order chi connectivity index (χ0) is 27.0. The number of hydrazone groups is 1. The van der Waals surface area contributed by atoms with Crippen LogP contribution in [0.15, 0.2) is 47.7 Å². The van der Waals surface area contributed by atoms with Crippen LogP contribution >= 0.6 is 0 Å². The lowest BCUT2D eigenvalue weighted by molar-refractivity contribution is -0.140. The average molecular weight is 517 g/mol. The van der Waals surface area contributed by atoms with Gasteiger partial charge in [-0.25, -0.2) is 19.0 Å². The number of hydrogen-bond donors (Lipinski definition) is 6. The van der Waals surface area contributed by atoms with Crippen molar-refractivity contribution < 1.29 is 33.8 Å². The van der Waals surface area contributed by atoms with E-state index in [4.69, 9.17) is 10.2 Å². The molecular formula is C24H29FN6O6. The molecule has 0 saturated heterocycles. The fourth-order valence-electron chi connectivity index (χ4n) is 2.98. The van der Waals surface area contributed by atoms with E-state index in [1.807, 2.05) is 0 Å². The van der Waals surface area contributed by atoms with Crippen molar-refractivity contribution >= 4 is 35.9 Å². The molecule has 0 spiro atoms. The van der Waals surface area contributed by atoms with Gasteiger partial charge in [0.1, 0.15) is 17.7 Å². The van der Waals surface area contributed by atoms with E-state index in [1.165, 1.54) is 24.5 Å². The number of urea groups is 1. The van der Waals surface area contributed by atoms with Crippen LogP contribution in [0.4, 0.5) is 15.0 Å². The molecule has 198 valence electrons. The molecule has 37 heavy (non-hydrogen) atoms. The fraction of sp³-hybridized carbons (Fsp3) is 0.333. The number of unbranched alkanes of at least 4 members (excludes halogenated alkanes) is 2. The molecule has 0 aliphatic carbocycles. The number of amides is 3. The lowest BCUT2D eigenvalue weighted by Gasteiger charge is -2.14. The van der Waals surface area contributed by atoms with Crippen LogP contribution in [-0.2, 0) is 9.59 Å². The number of nitrogens with one attached hydrogen (secondary N) is 4. The number of carboxylic acid groups (broad SMARTS) is 2. The van der Waals surface area contributed by atoms with Crippen molar-refractivity contribution in [2.24, 2.45) is 5.10 Å². The molecule has 0 aliphatic rings. The third-order valence-corrected chi connectivity index (χ3v) is 4.96. The topological polar surface area (TPSA) is 182 Å². The zero-order valence-corrected chi connectivity index (χ0v) is 19.9. The number of hydrogen-bond acceptors (Lipinski definition) is 7. The molecule has 0 fully saturated rings. The minimum Gasteiger partial charge on any atom is -0.481 e. The molecule has 3 amide bonds. The van der Waals surface area contributed by atoms with Crippen LogP contribution in [0.1, 0.15) is 48.0 Å². The van der Waals surface area contributed by atoms with E-state index in [1.54, 1.807) is 24.3 Å². The van der Waals surface area contributed by atoms with Gasteiger partial charge in [-0.2, -0.15) is 5.10 Å². The van der Waals surface area contributed by atoms with E-state index in [0.29, 0.717) is 49.3 Å². The first-order valence-corrected chi connectivity index (χ1v) is 11.5. The number of rotatable bonds is 15. The van der Waals surface area contributed by atoms with Crippen molar-refractivity contribution in [2.75, 3.05) is 18.5 Å². The van der Waals surface area contributed by atoms with Crippen LogP contribution in [0.2, 0.25) is 0 Å². The Kier molecular flexibility index (Phi) is 12.0. The van der Waals surface area contributed by atoms with Crippen LogP contribution in [-0.4, -0.2) is 64.4 Å². The van der Waals surface area contributed by atoms with E-state index < -0.39 is 24.0 Å². The molecular weight excluding hydrogens is 487 g/mol. The predicted octanol–water partition coefficient (Wildman–Crippen LogP) is 2.18. The molecule has 0 radical (unpaired) electrons. The summed E-state index contributed by atoms with van der Waals surface area (Å²) in [6.45, 7) is 0.719. The average Bonchev–Trinajstić information content (AvgIpc) is 2.87. The molecule has 1 unspecified atom stereocenters. The molecule has 2 aromatic rings. The molecule has 2 rings (SSSR count). The molecule has 1 aromatic heterocycles. The maximum absolute atomic E-state index is 12.9. The van der Waals surface area contributed by atoms with Crippen LogP contribution in [0.25, 0.3) is 0 Å². The van der Waals surface area contributed by atoms with Gasteiger partial charge in [0.05, 0.1) is 11.8 Å². The number of pyridine rings is 1. The number of nitrogens with zero attached hydrogens (tertiary/aromatic N) is 2. The highest BCUT2D eigenvalue weighted by atomic mass is 19.1. The Balaban J connectivity index is 1.59. The van der Waals surface area contributed by atoms with E-state index in [2.05, 4.69) is 31.5 Å². The van der Waals surface area contributed by atoms with Gasteiger partial charge in [0.2, 0.25) is 0 Å². The Hall–Kier alpha value is -4.55. The first-order chi connectivity index (χ1) is 17.7. The summed E-state index contributed by atoms with van der Waals surface area (Å²) in [4.78, 5) is 49.8. The van der Waals surface area contributed by atoms with Gasteiger partial charge in [0.25, 0.3) is 5.91 Å². The van der Waals surface area contributed by atoms with Crippen LogP contribution in [0.5, 0.6) is 0 Å². The summed E-state index contributed by atoms with van der Waals surface area (Å²) in [5, 5.41) is 29.2. The van der Waals surface area contributed by atoms with Crippen molar-refractivity contribution in [1.82, 2.24) is 20.9 Å². The minimum atomic E-state index is -1.30. The summed E-state index contributed by atoms with van der Waals surface area (Å²) in [6.07, 6.45) is 4.32. The zero-order valence-electron chi connectivity index (χ0n) is 19.9. The Morgan fingerprint density at radius 1 is 0.973 bits per heavy atom. The molecule has 1 atom stereocenters. The van der Waals surface area contributed by atoms with Gasteiger partial charge in [0, 0.05) is 25.7 Å². The molecule has 12 nitrogen and oxygen atoms in total. The van der Waals surface area contributed by atoms with Crippen LogP contribution in [0, 0.1) is 5.82 Å². The second-order valence-corrected chi connectivity index (χ2v) is 7.89. The van der Waals surface area contributed by atoms with E-state index in [9.17, 15) is 23.6 Å². The van der Waals surface area contributed by atoms with Gasteiger partial charge in [-0.15, -0.1) is 0 Å². The first kappa shape index (κ1) is 28.7. The van der Waals surface area contributed by atoms with Gasteiger partial charge in [-0.1, -0.05) is 12.1 Å². The quantitative estimate of drug-likeness (QED) is 0.118. The molecule has 13 heteroatoms. The van der Waals surface area contributed by atoms with E-state index >= 15 is 0 Å². The molecule has 0 bridgehead atoms. The lowest BCUT2D eigenvalue weighted by Crippen LogP contribution is -2.46. The number of anilines is 1. The number of carboxylic acids is 2. The SMILES string of the molecule is O=C(O)CCC(NC(=O)NCCCCCNC(=O)c1ccc(N/N=C\c2ccc(F)cc2)nc1)C(=O)O. The van der Waals surface area contributed by atoms with E-state index in [0.717, 1.165) is 0 Å². The van der Waals surface area contributed by atoms with Crippen molar-refractivity contribution in [2.45, 2.75) is 38.1 Å². The summed E-state index contributed by atoms with van der Waals surface area (Å²) in [5.74, 6) is -2.63. The maximum Gasteiger partial charge on any atom is 0.326 e. The standard InChI is InChI=1S/C24H29FN6O6/c25-18-7-4-16(5-8-18)14-29-31-20-10-6-17(15-28-20)22(34)26-12-2-1-3-13-27-24(37)30-19(23(35)36)9-11-21(32)33/h4-8,10,14-15,19H,1-3,9,11-13H2,(H,26,34)(H,28,31)(H,32,33)(H,35,36)(H2,27,30,37)/b29-14-. The number of benzene rings is 1. The number of aliphatic carboxylic acids is 2. The number of carbonyl (C=O) groups excluding carboxylic acids is 2. The largest absolute Gasteiger partial charge is 0.481 e. The van der Waals surface area contributed by atoms with Gasteiger partial charge < -0.3 is 26.2 Å². The highest BCUT2D eigenvalue weighted by Gasteiger charge is 2.20. The Labute approximate surface area is 212 Å². The van der Waals surface area contributed by atoms with Crippen LogP contribution in [0.3, 0.4) is 0 Å². The van der Waals surface area contributed by atoms with E-state index in [-0.39, 0.29) is 24.6 Å². The maximum atomic E-state index is 12.9. The van der Waals surface area contributed by atoms with Gasteiger partial charge >= 0.3 is 18.0 Å². The molecule has 1 aromatic carbocycles. The molecule has 1 heterocycles. The lowest BCUT2D eigenvalue weighted by atomic mass is 10.1. The third kappa shape index (κ3) is 11.6. The number of carbonyl (C=O) groups is 4. The summed E-state index contributed by atoms with van der Waals surface area (Å²) in [5.41, 5.74) is 3.81. The summed E-state index contributed by atoms with van der Waals surface area (Å²) >= 11 is 0. The Morgan fingerprint density at radius 3 is 2.30 bits per heavy atom. The second kappa shape index (κ2) is 15.4. The monoisotopic (exact) mass is 516 g/mol. The fourth-order valence-corrected chi connectivity index (χ4v) is 2.98. The minimum absolute atomic E-state index is 0.210. The summed E-state index contributed by atoms with van der Waals surface area (Å²) in [6, 6.07) is 7.06. The molecule has 6 N–H and O–H groups in total. The third-order valence-electron chi connectivity index (χ3n) is 4.96. The second-order valence-electron chi connectivity index (χ2n) is 7.89. The highest BCUT2D eigenvalue weighted by Crippen LogP contribution is 2.06. The summed E-state index contributed by atoms with van der Waals surface area (Å²) in [7, 11) is 0. The molecule has 0 saturated carbocycles. The van der Waals surface area contributed by atoms with Crippen molar-refractivity contribution in [1.29, 1.82) is 0 Å². The number of aromatic nitrogens is 1.